The van der Waals surface area contributed by atoms with E-state index < -0.39 is 29.7 Å². The van der Waals surface area contributed by atoms with Crippen LogP contribution in [0.3, 0.4) is 0 Å². The zero-order valence-corrected chi connectivity index (χ0v) is 14.7. The molecular formula is C20H15ClF3NO2. The number of halogens is 4. The zero-order chi connectivity index (χ0) is 19.3. The average molecular weight is 394 g/mol. The maximum atomic E-state index is 13.6. The van der Waals surface area contributed by atoms with Gasteiger partial charge in [0.2, 0.25) is 0 Å². The molecule has 2 aliphatic rings. The highest BCUT2D eigenvalue weighted by Gasteiger charge is 2.45. The van der Waals surface area contributed by atoms with Gasteiger partial charge in [0.15, 0.2) is 0 Å². The molecule has 1 heterocycles. The second kappa shape index (κ2) is 6.30. The third-order valence-corrected chi connectivity index (χ3v) is 5.62. The van der Waals surface area contributed by atoms with Gasteiger partial charge < -0.3 is 10.4 Å². The van der Waals surface area contributed by atoms with Gasteiger partial charge in [-0.15, -0.1) is 0 Å². The first-order valence-corrected chi connectivity index (χ1v) is 8.82. The number of anilines is 1. The molecular weight excluding hydrogens is 379 g/mol. The first-order chi connectivity index (χ1) is 12.8. The molecule has 1 aliphatic carbocycles. The molecule has 3 nitrogen and oxygen atoms in total. The lowest BCUT2D eigenvalue weighted by molar-refractivity contribution is -0.138. The summed E-state index contributed by atoms with van der Waals surface area (Å²) in [5.74, 6) is -1.78. The van der Waals surface area contributed by atoms with E-state index in [1.807, 2.05) is 6.08 Å². The third-order valence-electron chi connectivity index (χ3n) is 5.30. The van der Waals surface area contributed by atoms with Gasteiger partial charge in [-0.05, 0) is 41.7 Å². The molecule has 3 atom stereocenters. The Kier molecular flexibility index (Phi) is 4.18. The van der Waals surface area contributed by atoms with E-state index in [1.54, 1.807) is 24.3 Å². The van der Waals surface area contributed by atoms with Crippen LogP contribution in [0.4, 0.5) is 18.9 Å². The predicted molar refractivity (Wildman–Crippen MR) is 96.2 cm³/mol. The summed E-state index contributed by atoms with van der Waals surface area (Å²) in [6, 6.07) is 8.34. The highest BCUT2D eigenvalue weighted by Crippen LogP contribution is 2.55. The van der Waals surface area contributed by atoms with Gasteiger partial charge in [-0.3, -0.25) is 0 Å². The van der Waals surface area contributed by atoms with Crippen LogP contribution in [0.15, 0.2) is 48.6 Å². The first-order valence-electron chi connectivity index (χ1n) is 8.44. The zero-order valence-electron chi connectivity index (χ0n) is 13.9. The number of fused-ring (bicyclic) bond motifs is 3. The van der Waals surface area contributed by atoms with Crippen molar-refractivity contribution < 1.29 is 23.1 Å². The standard InChI is InChI=1S/C20H15ClF3NO2/c21-15-9-8-14(20(22,23)24)16-10-6-3-7-11(10)17(25-18(15)16)12-4-1-2-5-13(12)19(26)27/h1-6,8-11,17,25H,7H2,(H,26,27)/t10-,11-,17+/m0/s1. The van der Waals surface area contributed by atoms with E-state index in [9.17, 15) is 23.1 Å². The van der Waals surface area contributed by atoms with Crippen LogP contribution in [0, 0.1) is 5.92 Å². The summed E-state index contributed by atoms with van der Waals surface area (Å²) in [7, 11) is 0. The number of rotatable bonds is 2. The summed E-state index contributed by atoms with van der Waals surface area (Å²) in [5.41, 5.74) is 0.332. The van der Waals surface area contributed by atoms with Gasteiger partial charge >= 0.3 is 12.1 Å². The normalized spacial score (nSPS) is 23.5. The molecule has 27 heavy (non-hydrogen) atoms. The smallest absolute Gasteiger partial charge is 0.416 e. The van der Waals surface area contributed by atoms with Crippen molar-refractivity contribution in [3.63, 3.8) is 0 Å². The first kappa shape index (κ1) is 17.9. The fourth-order valence-electron chi connectivity index (χ4n) is 4.19. The minimum absolute atomic E-state index is 0.132. The molecule has 2 N–H and O–H groups in total. The van der Waals surface area contributed by atoms with Crippen molar-refractivity contribution in [2.45, 2.75) is 24.6 Å². The molecule has 1 aliphatic heterocycles. The van der Waals surface area contributed by atoms with Gasteiger partial charge in [-0.25, -0.2) is 4.79 Å². The Hall–Kier alpha value is -2.47. The van der Waals surface area contributed by atoms with Gasteiger partial charge in [0.1, 0.15) is 0 Å². The van der Waals surface area contributed by atoms with Crippen LogP contribution in [0.5, 0.6) is 0 Å². The van der Waals surface area contributed by atoms with Gasteiger partial charge in [-0.1, -0.05) is 42.0 Å². The molecule has 0 aromatic heterocycles. The molecule has 0 bridgehead atoms. The molecule has 4 rings (SSSR count). The Labute approximate surface area is 158 Å². The Morgan fingerprint density at radius 1 is 1.19 bits per heavy atom. The molecule has 0 unspecified atom stereocenters. The van der Waals surface area contributed by atoms with Crippen molar-refractivity contribution in [2.24, 2.45) is 5.92 Å². The highest BCUT2D eigenvalue weighted by molar-refractivity contribution is 6.33. The number of allylic oxidation sites excluding steroid dienone is 2. The van der Waals surface area contributed by atoms with E-state index in [0.717, 1.165) is 6.07 Å². The number of benzene rings is 2. The van der Waals surface area contributed by atoms with Crippen molar-refractivity contribution in [3.05, 3.63) is 75.8 Å². The molecule has 0 fully saturated rings. The van der Waals surface area contributed by atoms with Crippen LogP contribution in [0.25, 0.3) is 0 Å². The predicted octanol–water partition coefficient (Wildman–Crippen LogP) is 5.88. The van der Waals surface area contributed by atoms with Crippen molar-refractivity contribution in [2.75, 3.05) is 5.32 Å². The molecule has 0 spiro atoms. The van der Waals surface area contributed by atoms with E-state index in [4.69, 9.17) is 11.6 Å². The number of nitrogens with one attached hydrogen (secondary N) is 1. The Balaban J connectivity index is 1.91. The second-order valence-corrected chi connectivity index (χ2v) is 7.16. The lowest BCUT2D eigenvalue weighted by Crippen LogP contribution is -2.32. The van der Waals surface area contributed by atoms with E-state index in [-0.39, 0.29) is 27.8 Å². The van der Waals surface area contributed by atoms with Crippen LogP contribution >= 0.6 is 11.6 Å². The summed E-state index contributed by atoms with van der Waals surface area (Å²) < 4.78 is 40.7. The number of hydrogen-bond acceptors (Lipinski definition) is 2. The third kappa shape index (κ3) is 2.88. The molecule has 0 saturated carbocycles. The van der Waals surface area contributed by atoms with Gasteiger partial charge in [0.25, 0.3) is 0 Å². The topological polar surface area (TPSA) is 49.3 Å². The molecule has 140 valence electrons. The highest BCUT2D eigenvalue weighted by atomic mass is 35.5. The quantitative estimate of drug-likeness (QED) is 0.626. The van der Waals surface area contributed by atoms with E-state index >= 15 is 0 Å². The number of alkyl halides is 3. The fourth-order valence-corrected chi connectivity index (χ4v) is 4.41. The fraction of sp³-hybridized carbons (Fsp3) is 0.250. The van der Waals surface area contributed by atoms with Crippen LogP contribution < -0.4 is 5.32 Å². The summed E-state index contributed by atoms with van der Waals surface area (Å²) in [5, 5.41) is 12.8. The van der Waals surface area contributed by atoms with Crippen molar-refractivity contribution in [3.8, 4) is 0 Å². The molecule has 0 radical (unpaired) electrons. The Bertz CT molecular complexity index is 955. The molecule has 0 amide bonds. The molecule has 2 aromatic rings. The lowest BCUT2D eigenvalue weighted by atomic mass is 9.74. The Morgan fingerprint density at radius 2 is 1.93 bits per heavy atom. The van der Waals surface area contributed by atoms with Crippen molar-refractivity contribution >= 4 is 23.3 Å². The Morgan fingerprint density at radius 3 is 2.63 bits per heavy atom. The number of carbonyl (C=O) groups is 1. The van der Waals surface area contributed by atoms with Crippen molar-refractivity contribution in [1.82, 2.24) is 0 Å². The summed E-state index contributed by atoms with van der Waals surface area (Å²) in [4.78, 5) is 11.6. The lowest BCUT2D eigenvalue weighted by Gasteiger charge is -2.39. The number of carboxylic acid groups (broad SMARTS) is 1. The van der Waals surface area contributed by atoms with Crippen LogP contribution in [-0.2, 0) is 6.18 Å². The molecule has 2 aromatic carbocycles. The van der Waals surface area contributed by atoms with E-state index in [1.165, 1.54) is 12.1 Å². The minimum Gasteiger partial charge on any atom is -0.478 e. The van der Waals surface area contributed by atoms with Crippen LogP contribution in [0.1, 0.15) is 45.4 Å². The van der Waals surface area contributed by atoms with Crippen LogP contribution in [0.2, 0.25) is 5.02 Å². The van der Waals surface area contributed by atoms with Crippen LogP contribution in [-0.4, -0.2) is 11.1 Å². The monoisotopic (exact) mass is 393 g/mol. The number of hydrogen-bond donors (Lipinski definition) is 2. The molecule has 7 heteroatoms. The average Bonchev–Trinajstić information content (AvgIpc) is 3.10. The van der Waals surface area contributed by atoms with Gasteiger partial charge in [-0.2, -0.15) is 13.2 Å². The maximum Gasteiger partial charge on any atom is 0.416 e. The summed E-state index contributed by atoms with van der Waals surface area (Å²) in [6.07, 6.45) is -0.321. The van der Waals surface area contributed by atoms with Gasteiger partial charge in [0.05, 0.1) is 27.9 Å². The largest absolute Gasteiger partial charge is 0.478 e. The molecule has 0 saturated heterocycles. The number of carboxylic acids is 1. The maximum absolute atomic E-state index is 13.6. The second-order valence-electron chi connectivity index (χ2n) is 6.75. The minimum atomic E-state index is -4.50. The van der Waals surface area contributed by atoms with E-state index in [2.05, 4.69) is 5.32 Å². The summed E-state index contributed by atoms with van der Waals surface area (Å²) >= 11 is 6.24. The SMILES string of the molecule is O=C(O)c1ccccc1[C@@H]1Nc2c(Cl)ccc(C(F)(F)F)c2[C@H]2C=CC[C@@H]21. The summed E-state index contributed by atoms with van der Waals surface area (Å²) in [6.45, 7) is 0. The van der Waals surface area contributed by atoms with Gasteiger partial charge in [0, 0.05) is 5.92 Å². The number of aromatic carboxylic acids is 1. The van der Waals surface area contributed by atoms with E-state index in [0.29, 0.717) is 12.0 Å². The van der Waals surface area contributed by atoms with Crippen molar-refractivity contribution in [1.29, 1.82) is 0 Å².